The van der Waals surface area contributed by atoms with Gasteiger partial charge in [-0.05, 0) is 38.2 Å². The molecule has 0 spiro atoms. The first-order valence-corrected chi connectivity index (χ1v) is 7.42. The maximum absolute atomic E-state index is 11.7. The predicted molar refractivity (Wildman–Crippen MR) is 82.3 cm³/mol. The van der Waals surface area contributed by atoms with Gasteiger partial charge in [0.05, 0.1) is 0 Å². The molecule has 0 unspecified atom stereocenters. The lowest BCUT2D eigenvalue weighted by Gasteiger charge is -2.10. The molecule has 0 heterocycles. The second kappa shape index (κ2) is 7.13. The van der Waals surface area contributed by atoms with Gasteiger partial charge in [-0.15, -0.1) is 0 Å². The van der Waals surface area contributed by atoms with Gasteiger partial charge in [-0.2, -0.15) is 0 Å². The molecule has 0 saturated heterocycles. The van der Waals surface area contributed by atoms with Crippen LogP contribution < -0.4 is 10.6 Å². The van der Waals surface area contributed by atoms with Crippen LogP contribution in [-0.4, -0.2) is 6.03 Å². The minimum absolute atomic E-state index is 0.136. The molecule has 20 heavy (non-hydrogen) atoms. The zero-order chi connectivity index (χ0) is 14.4. The number of aryl methyl sites for hydroxylation is 1. The van der Waals surface area contributed by atoms with Crippen LogP contribution in [0, 0.1) is 12.8 Å². The summed E-state index contributed by atoms with van der Waals surface area (Å²) in [7, 11) is 0. The van der Waals surface area contributed by atoms with Gasteiger partial charge in [0.15, 0.2) is 0 Å². The lowest BCUT2D eigenvalue weighted by molar-refractivity contribution is 0.243. The molecule has 1 aromatic carbocycles. The van der Waals surface area contributed by atoms with Gasteiger partial charge in [0.2, 0.25) is 0 Å². The highest BCUT2D eigenvalue weighted by molar-refractivity contribution is 5.74. The van der Waals surface area contributed by atoms with Gasteiger partial charge in [-0.25, -0.2) is 4.79 Å². The normalized spacial score (nSPS) is 16.2. The maximum atomic E-state index is 11.7. The molecule has 0 bridgehead atoms. The van der Waals surface area contributed by atoms with E-state index in [2.05, 4.69) is 36.6 Å². The molecule has 2 amide bonds. The summed E-state index contributed by atoms with van der Waals surface area (Å²) in [5.74, 6) is 0.660. The number of urea groups is 1. The maximum Gasteiger partial charge on any atom is 0.319 e. The molecule has 0 aromatic heterocycles. The summed E-state index contributed by atoms with van der Waals surface area (Å²) in [6.45, 7) is 4.72. The van der Waals surface area contributed by atoms with Crippen LogP contribution in [0.25, 0.3) is 0 Å². The Kier molecular flexibility index (Phi) is 5.22. The van der Waals surface area contributed by atoms with E-state index in [1.165, 1.54) is 36.8 Å². The Hall–Kier alpha value is -1.77. The molecule has 1 aromatic rings. The minimum Gasteiger partial charge on any atom is -0.334 e. The van der Waals surface area contributed by atoms with Crippen molar-refractivity contribution in [1.82, 2.24) is 10.6 Å². The summed E-state index contributed by atoms with van der Waals surface area (Å²) < 4.78 is 0. The Labute approximate surface area is 121 Å². The van der Waals surface area contributed by atoms with Crippen molar-refractivity contribution in [2.24, 2.45) is 5.92 Å². The van der Waals surface area contributed by atoms with Gasteiger partial charge >= 0.3 is 6.03 Å². The predicted octanol–water partition coefficient (Wildman–Crippen LogP) is 3.89. The van der Waals surface area contributed by atoms with Crippen molar-refractivity contribution < 1.29 is 4.79 Å². The van der Waals surface area contributed by atoms with E-state index in [-0.39, 0.29) is 6.03 Å². The number of hydrogen-bond donors (Lipinski definition) is 2. The van der Waals surface area contributed by atoms with Gasteiger partial charge in [0.1, 0.15) is 0 Å². The van der Waals surface area contributed by atoms with E-state index in [0.717, 1.165) is 5.56 Å². The van der Waals surface area contributed by atoms with E-state index < -0.39 is 0 Å². The Morgan fingerprint density at radius 3 is 2.55 bits per heavy atom. The van der Waals surface area contributed by atoms with Crippen LogP contribution in [0.2, 0.25) is 0 Å². The van der Waals surface area contributed by atoms with E-state index in [0.29, 0.717) is 12.5 Å². The van der Waals surface area contributed by atoms with Crippen LogP contribution in [0.5, 0.6) is 0 Å². The fourth-order valence-corrected chi connectivity index (χ4v) is 2.62. The summed E-state index contributed by atoms with van der Waals surface area (Å²) in [4.78, 5) is 11.7. The number of allylic oxidation sites excluding steroid dienone is 1. The molecule has 3 nitrogen and oxygen atoms in total. The molecule has 1 saturated carbocycles. The number of benzene rings is 1. The van der Waals surface area contributed by atoms with Crippen LogP contribution >= 0.6 is 0 Å². The smallest absolute Gasteiger partial charge is 0.319 e. The zero-order valence-corrected chi connectivity index (χ0v) is 12.4. The van der Waals surface area contributed by atoms with Gasteiger partial charge < -0.3 is 10.6 Å². The summed E-state index contributed by atoms with van der Waals surface area (Å²) >= 11 is 0. The van der Waals surface area contributed by atoms with Crippen molar-refractivity contribution in [3.63, 3.8) is 0 Å². The lowest BCUT2D eigenvalue weighted by atomic mass is 10.0. The highest BCUT2D eigenvalue weighted by atomic mass is 16.2. The van der Waals surface area contributed by atoms with Gasteiger partial charge in [0, 0.05) is 12.7 Å². The molecule has 2 rings (SSSR count). The molecular weight excluding hydrogens is 248 g/mol. The highest BCUT2D eigenvalue weighted by Crippen LogP contribution is 2.30. The van der Waals surface area contributed by atoms with Crippen molar-refractivity contribution >= 4 is 6.03 Å². The molecular formula is C17H24N2O. The third-order valence-corrected chi connectivity index (χ3v) is 4.00. The fourth-order valence-electron chi connectivity index (χ4n) is 2.62. The van der Waals surface area contributed by atoms with Crippen LogP contribution in [0.15, 0.2) is 36.0 Å². The summed E-state index contributed by atoms with van der Waals surface area (Å²) in [5.41, 5.74) is 3.63. The van der Waals surface area contributed by atoms with Crippen LogP contribution in [0.1, 0.15) is 43.7 Å². The van der Waals surface area contributed by atoms with E-state index in [4.69, 9.17) is 0 Å². The van der Waals surface area contributed by atoms with Crippen molar-refractivity contribution in [3.8, 4) is 0 Å². The Morgan fingerprint density at radius 2 is 1.90 bits per heavy atom. The average molecular weight is 272 g/mol. The second-order valence-electron chi connectivity index (χ2n) is 5.68. The monoisotopic (exact) mass is 272 g/mol. The first kappa shape index (κ1) is 14.6. The van der Waals surface area contributed by atoms with Crippen LogP contribution in [-0.2, 0) is 6.54 Å². The van der Waals surface area contributed by atoms with Crippen molar-refractivity contribution in [1.29, 1.82) is 0 Å². The standard InChI is InChI=1S/C17H24N2O/c1-13-7-9-15(10-8-13)12-19-17(20)18-11-14(2)16-5-3-4-6-16/h7-11,16H,3-6,12H2,1-2H3,(H2,18,19,20)/b14-11+. The molecule has 1 aliphatic rings. The van der Waals surface area contributed by atoms with E-state index >= 15 is 0 Å². The molecule has 0 radical (unpaired) electrons. The number of amides is 2. The largest absolute Gasteiger partial charge is 0.334 e. The van der Waals surface area contributed by atoms with Crippen molar-refractivity contribution in [2.45, 2.75) is 46.1 Å². The molecule has 2 N–H and O–H groups in total. The number of hydrogen-bond acceptors (Lipinski definition) is 1. The summed E-state index contributed by atoms with van der Waals surface area (Å²) in [5, 5.41) is 5.70. The minimum atomic E-state index is -0.136. The zero-order valence-electron chi connectivity index (χ0n) is 12.4. The quantitative estimate of drug-likeness (QED) is 0.858. The van der Waals surface area contributed by atoms with Crippen LogP contribution in [0.3, 0.4) is 0 Å². The molecule has 1 fully saturated rings. The number of rotatable bonds is 4. The topological polar surface area (TPSA) is 41.1 Å². The molecule has 3 heteroatoms. The fraction of sp³-hybridized carbons (Fsp3) is 0.471. The molecule has 0 aliphatic heterocycles. The Morgan fingerprint density at radius 1 is 1.25 bits per heavy atom. The molecule has 1 aliphatic carbocycles. The number of carbonyl (C=O) groups is 1. The molecule has 108 valence electrons. The van der Waals surface area contributed by atoms with Crippen LogP contribution in [0.4, 0.5) is 4.79 Å². The Balaban J connectivity index is 1.74. The lowest BCUT2D eigenvalue weighted by Crippen LogP contribution is -2.32. The van der Waals surface area contributed by atoms with E-state index in [1.807, 2.05) is 18.3 Å². The number of carbonyl (C=O) groups excluding carboxylic acids is 1. The van der Waals surface area contributed by atoms with Gasteiger partial charge in [0.25, 0.3) is 0 Å². The third-order valence-electron chi connectivity index (χ3n) is 4.00. The Bertz CT molecular complexity index is 470. The first-order valence-electron chi connectivity index (χ1n) is 7.42. The summed E-state index contributed by atoms with van der Waals surface area (Å²) in [6.07, 6.45) is 7.01. The second-order valence-corrected chi connectivity index (χ2v) is 5.68. The average Bonchev–Trinajstić information content (AvgIpc) is 2.98. The van der Waals surface area contributed by atoms with Crippen molar-refractivity contribution in [2.75, 3.05) is 0 Å². The van der Waals surface area contributed by atoms with Gasteiger partial charge in [-0.1, -0.05) is 48.2 Å². The summed E-state index contributed by atoms with van der Waals surface area (Å²) in [6, 6.07) is 8.05. The molecule has 0 atom stereocenters. The van der Waals surface area contributed by atoms with E-state index in [9.17, 15) is 4.79 Å². The number of nitrogens with one attached hydrogen (secondary N) is 2. The third kappa shape index (κ3) is 4.41. The SMILES string of the molecule is C/C(=C\NC(=O)NCc1ccc(C)cc1)C1CCCC1. The first-order chi connectivity index (χ1) is 9.65. The van der Waals surface area contributed by atoms with Crippen molar-refractivity contribution in [3.05, 3.63) is 47.2 Å². The van der Waals surface area contributed by atoms with Gasteiger partial charge in [-0.3, -0.25) is 0 Å². The highest BCUT2D eigenvalue weighted by Gasteiger charge is 2.16. The van der Waals surface area contributed by atoms with E-state index in [1.54, 1.807) is 0 Å².